The Morgan fingerprint density at radius 2 is 2.11 bits per heavy atom. The SMILES string of the molecule is C=C(Cl)/C=C\C(C)=C/N. The van der Waals surface area contributed by atoms with Crippen LogP contribution in [0.5, 0.6) is 0 Å². The molecule has 0 radical (unpaired) electrons. The molecule has 0 saturated heterocycles. The maximum atomic E-state index is 5.43. The van der Waals surface area contributed by atoms with Gasteiger partial charge >= 0.3 is 0 Å². The molecule has 0 unspecified atom stereocenters. The van der Waals surface area contributed by atoms with E-state index >= 15 is 0 Å². The van der Waals surface area contributed by atoms with Crippen molar-refractivity contribution in [1.82, 2.24) is 0 Å². The second-order valence-corrected chi connectivity index (χ2v) is 2.18. The molecule has 0 aromatic rings. The first kappa shape index (κ1) is 8.31. The fourth-order valence-electron chi connectivity index (χ4n) is 0.277. The average Bonchev–Trinajstić information content (AvgIpc) is 1.83. The minimum Gasteiger partial charge on any atom is -0.404 e. The van der Waals surface area contributed by atoms with Crippen molar-refractivity contribution < 1.29 is 0 Å². The van der Waals surface area contributed by atoms with Crippen molar-refractivity contribution in [3.63, 3.8) is 0 Å². The van der Waals surface area contributed by atoms with Crippen molar-refractivity contribution in [1.29, 1.82) is 0 Å². The third-order valence-corrected chi connectivity index (χ3v) is 0.916. The van der Waals surface area contributed by atoms with Gasteiger partial charge in [0.25, 0.3) is 0 Å². The number of hydrogen-bond donors (Lipinski definition) is 1. The van der Waals surface area contributed by atoms with Gasteiger partial charge in [0.1, 0.15) is 0 Å². The van der Waals surface area contributed by atoms with Crippen LogP contribution in [-0.4, -0.2) is 0 Å². The standard InChI is InChI=1S/C7H10ClN/c1-6(5-9)3-4-7(2)8/h3-5H,2,9H2,1H3/b4-3-,6-5-. The van der Waals surface area contributed by atoms with Gasteiger partial charge in [0.2, 0.25) is 0 Å². The lowest BCUT2D eigenvalue weighted by atomic mass is 10.3. The molecule has 0 aromatic carbocycles. The molecule has 0 amide bonds. The monoisotopic (exact) mass is 143 g/mol. The van der Waals surface area contributed by atoms with Gasteiger partial charge in [-0.1, -0.05) is 24.3 Å². The largest absolute Gasteiger partial charge is 0.404 e. The van der Waals surface area contributed by atoms with E-state index < -0.39 is 0 Å². The Balaban J connectivity index is 3.86. The second kappa shape index (κ2) is 4.21. The molecule has 1 nitrogen and oxygen atoms in total. The highest BCUT2D eigenvalue weighted by molar-refractivity contribution is 6.30. The van der Waals surface area contributed by atoms with E-state index in [0.29, 0.717) is 5.03 Å². The molecule has 0 aliphatic rings. The smallest absolute Gasteiger partial charge is 0.0334 e. The van der Waals surface area contributed by atoms with E-state index in [-0.39, 0.29) is 0 Å². The van der Waals surface area contributed by atoms with Gasteiger partial charge in [-0.3, -0.25) is 0 Å². The van der Waals surface area contributed by atoms with Crippen LogP contribution in [0, 0.1) is 0 Å². The van der Waals surface area contributed by atoms with Crippen LogP contribution >= 0.6 is 11.6 Å². The number of hydrogen-bond acceptors (Lipinski definition) is 1. The van der Waals surface area contributed by atoms with E-state index in [1.807, 2.05) is 6.92 Å². The zero-order chi connectivity index (χ0) is 7.28. The first-order valence-corrected chi connectivity index (χ1v) is 2.95. The van der Waals surface area contributed by atoms with Gasteiger partial charge in [-0.05, 0) is 24.8 Å². The van der Waals surface area contributed by atoms with Crippen LogP contribution in [0.1, 0.15) is 6.92 Å². The number of allylic oxidation sites excluding steroid dienone is 4. The highest BCUT2D eigenvalue weighted by Crippen LogP contribution is 2.00. The molecular weight excluding hydrogens is 134 g/mol. The molecule has 0 fully saturated rings. The molecule has 0 aliphatic carbocycles. The maximum Gasteiger partial charge on any atom is 0.0334 e. The summed E-state index contributed by atoms with van der Waals surface area (Å²) in [6, 6.07) is 0. The molecule has 0 atom stereocenters. The Bertz CT molecular complexity index is 156. The molecule has 0 aromatic heterocycles. The number of rotatable bonds is 2. The molecule has 0 bridgehead atoms. The summed E-state index contributed by atoms with van der Waals surface area (Å²) in [6.07, 6.45) is 5.01. The Kier molecular flexibility index (Phi) is 3.89. The summed E-state index contributed by atoms with van der Waals surface area (Å²) in [5, 5.41) is 0.510. The van der Waals surface area contributed by atoms with Crippen LogP contribution < -0.4 is 5.73 Å². The lowest BCUT2D eigenvalue weighted by Gasteiger charge is -1.85. The Labute approximate surface area is 60.5 Å². The van der Waals surface area contributed by atoms with Crippen molar-refractivity contribution >= 4 is 11.6 Å². The summed E-state index contributed by atoms with van der Waals surface area (Å²) < 4.78 is 0. The van der Waals surface area contributed by atoms with E-state index in [9.17, 15) is 0 Å². The van der Waals surface area contributed by atoms with Crippen LogP contribution in [0.2, 0.25) is 0 Å². The number of nitrogens with two attached hydrogens (primary N) is 1. The normalized spacial score (nSPS) is 12.4. The quantitative estimate of drug-likeness (QED) is 0.589. The summed E-state index contributed by atoms with van der Waals surface area (Å²) in [7, 11) is 0. The molecular formula is C7H10ClN. The highest BCUT2D eigenvalue weighted by atomic mass is 35.5. The van der Waals surface area contributed by atoms with Crippen molar-refractivity contribution in [3.8, 4) is 0 Å². The summed E-state index contributed by atoms with van der Waals surface area (Å²) in [6.45, 7) is 5.36. The molecule has 0 aliphatic heterocycles. The van der Waals surface area contributed by atoms with E-state index in [1.54, 1.807) is 12.2 Å². The van der Waals surface area contributed by atoms with Gasteiger partial charge in [-0.2, -0.15) is 0 Å². The van der Waals surface area contributed by atoms with E-state index in [0.717, 1.165) is 5.57 Å². The molecule has 0 heterocycles. The lowest BCUT2D eigenvalue weighted by molar-refractivity contribution is 1.43. The summed E-state index contributed by atoms with van der Waals surface area (Å²) in [4.78, 5) is 0. The molecule has 9 heavy (non-hydrogen) atoms. The highest BCUT2D eigenvalue weighted by Gasteiger charge is 1.77. The maximum absolute atomic E-state index is 5.43. The van der Waals surface area contributed by atoms with Gasteiger partial charge in [-0.25, -0.2) is 0 Å². The van der Waals surface area contributed by atoms with Crippen molar-refractivity contribution in [2.75, 3.05) is 0 Å². The Hall–Kier alpha value is -0.690. The van der Waals surface area contributed by atoms with E-state index in [1.165, 1.54) is 6.20 Å². The van der Waals surface area contributed by atoms with Gasteiger partial charge < -0.3 is 5.73 Å². The first-order valence-electron chi connectivity index (χ1n) is 2.58. The topological polar surface area (TPSA) is 26.0 Å². The molecule has 0 spiro atoms. The summed E-state index contributed by atoms with van der Waals surface area (Å²) >= 11 is 5.43. The van der Waals surface area contributed by atoms with E-state index in [2.05, 4.69) is 6.58 Å². The predicted octanol–water partition coefficient (Wildman–Crippen LogP) is 2.16. The molecule has 2 N–H and O–H groups in total. The molecule has 0 rings (SSSR count). The Morgan fingerprint density at radius 1 is 1.56 bits per heavy atom. The minimum absolute atomic E-state index is 0.510. The van der Waals surface area contributed by atoms with Gasteiger partial charge in [-0.15, -0.1) is 0 Å². The molecule has 0 saturated carbocycles. The lowest BCUT2D eigenvalue weighted by Crippen LogP contribution is -1.79. The van der Waals surface area contributed by atoms with Crippen molar-refractivity contribution in [3.05, 3.63) is 35.5 Å². The van der Waals surface area contributed by atoms with E-state index in [4.69, 9.17) is 17.3 Å². The second-order valence-electron chi connectivity index (χ2n) is 1.69. The fraction of sp³-hybridized carbons (Fsp3) is 0.143. The third-order valence-electron chi connectivity index (χ3n) is 0.790. The fourth-order valence-corrected chi connectivity index (χ4v) is 0.340. The van der Waals surface area contributed by atoms with Gasteiger partial charge in [0.05, 0.1) is 0 Å². The average molecular weight is 144 g/mol. The predicted molar refractivity (Wildman–Crippen MR) is 42.1 cm³/mol. The number of halogens is 1. The Morgan fingerprint density at radius 3 is 2.44 bits per heavy atom. The summed E-state index contributed by atoms with van der Waals surface area (Å²) in [5.74, 6) is 0. The van der Waals surface area contributed by atoms with Crippen molar-refractivity contribution in [2.24, 2.45) is 5.73 Å². The zero-order valence-corrected chi connectivity index (χ0v) is 6.15. The summed E-state index contributed by atoms with van der Waals surface area (Å²) in [5.41, 5.74) is 6.14. The van der Waals surface area contributed by atoms with Crippen LogP contribution in [0.4, 0.5) is 0 Å². The van der Waals surface area contributed by atoms with Crippen LogP contribution in [0.15, 0.2) is 35.5 Å². The third kappa shape index (κ3) is 5.18. The van der Waals surface area contributed by atoms with Gasteiger partial charge in [0, 0.05) is 5.03 Å². The first-order chi connectivity index (χ1) is 4.16. The zero-order valence-electron chi connectivity index (χ0n) is 5.39. The van der Waals surface area contributed by atoms with Gasteiger partial charge in [0.15, 0.2) is 0 Å². The minimum atomic E-state index is 0.510. The van der Waals surface area contributed by atoms with Crippen LogP contribution in [-0.2, 0) is 0 Å². The van der Waals surface area contributed by atoms with Crippen LogP contribution in [0.3, 0.4) is 0 Å². The molecule has 50 valence electrons. The van der Waals surface area contributed by atoms with Crippen molar-refractivity contribution in [2.45, 2.75) is 6.92 Å². The molecule has 2 heteroatoms. The van der Waals surface area contributed by atoms with Crippen LogP contribution in [0.25, 0.3) is 0 Å².